The van der Waals surface area contributed by atoms with E-state index in [2.05, 4.69) is 4.98 Å². The molecule has 5 rings (SSSR count). The van der Waals surface area contributed by atoms with Gasteiger partial charge in [-0.05, 0) is 37.1 Å². The molecule has 0 aliphatic carbocycles. The van der Waals surface area contributed by atoms with Crippen LogP contribution in [-0.2, 0) is 9.59 Å². The summed E-state index contributed by atoms with van der Waals surface area (Å²) in [5.41, 5.74) is 3.03. The topological polar surface area (TPSA) is 70.5 Å². The van der Waals surface area contributed by atoms with Gasteiger partial charge in [-0.2, -0.15) is 0 Å². The van der Waals surface area contributed by atoms with Gasteiger partial charge in [-0.25, -0.2) is 9.37 Å². The van der Waals surface area contributed by atoms with Gasteiger partial charge in [0.15, 0.2) is 5.13 Å². The van der Waals surface area contributed by atoms with Crippen LogP contribution in [0.15, 0.2) is 72.3 Å². The smallest absolute Gasteiger partial charge is 0.301 e. The van der Waals surface area contributed by atoms with Crippen LogP contribution in [-0.4, -0.2) is 21.8 Å². The highest BCUT2D eigenvalue weighted by Crippen LogP contribution is 2.45. The average molecular weight is 459 g/mol. The average Bonchev–Trinajstić information content (AvgIpc) is 3.33. The second-order valence-corrected chi connectivity index (χ2v) is 8.99. The standard InChI is InChI=1S/C26H19FN2O3S/c1-14-12-15(2)21-19(13-14)33-26(28-21)29-22(17-10-6-7-11-18(17)27)20(24(31)25(29)32)23(30)16-8-4-3-5-9-16/h3-13,22,30H,1-2H3/t22-/m0/s1. The Hall–Kier alpha value is -3.84. The minimum atomic E-state index is -1.15. The molecule has 0 saturated carbocycles. The molecule has 1 aliphatic rings. The summed E-state index contributed by atoms with van der Waals surface area (Å²) in [4.78, 5) is 32.3. The first-order valence-electron chi connectivity index (χ1n) is 10.4. The number of carbonyl (C=O) groups excluding carboxylic acids is 2. The summed E-state index contributed by atoms with van der Waals surface area (Å²) in [6.45, 7) is 3.90. The highest BCUT2D eigenvalue weighted by Gasteiger charge is 2.49. The van der Waals surface area contributed by atoms with Crippen LogP contribution in [0.1, 0.15) is 28.3 Å². The Bertz CT molecular complexity index is 1460. The van der Waals surface area contributed by atoms with Crippen molar-refractivity contribution in [3.63, 3.8) is 0 Å². The van der Waals surface area contributed by atoms with Crippen molar-refractivity contribution >= 4 is 44.1 Å². The van der Waals surface area contributed by atoms with Crippen LogP contribution in [0, 0.1) is 19.7 Å². The van der Waals surface area contributed by atoms with E-state index in [0.29, 0.717) is 5.56 Å². The number of aromatic nitrogens is 1. The molecule has 3 aromatic carbocycles. The third-order valence-corrected chi connectivity index (χ3v) is 6.72. The van der Waals surface area contributed by atoms with Gasteiger partial charge in [0, 0.05) is 11.1 Å². The molecule has 0 bridgehead atoms. The van der Waals surface area contributed by atoms with E-state index < -0.39 is 23.5 Å². The Kier molecular flexibility index (Phi) is 5.06. The first-order chi connectivity index (χ1) is 15.9. The number of anilines is 1. The summed E-state index contributed by atoms with van der Waals surface area (Å²) in [6, 6.07) is 17.2. The summed E-state index contributed by atoms with van der Waals surface area (Å²) in [5.74, 6) is -2.66. The number of rotatable bonds is 3. The molecule has 1 N–H and O–H groups in total. The number of aliphatic hydroxyl groups excluding tert-OH is 1. The molecule has 1 aliphatic heterocycles. The fraction of sp³-hybridized carbons (Fsp3) is 0.115. The van der Waals surface area contributed by atoms with Crippen LogP contribution in [0.25, 0.3) is 16.0 Å². The van der Waals surface area contributed by atoms with Crippen molar-refractivity contribution in [1.82, 2.24) is 4.98 Å². The predicted octanol–water partition coefficient (Wildman–Crippen LogP) is 5.68. The van der Waals surface area contributed by atoms with E-state index in [1.807, 2.05) is 26.0 Å². The van der Waals surface area contributed by atoms with Gasteiger partial charge in [-0.15, -0.1) is 0 Å². The molecular weight excluding hydrogens is 439 g/mol. The second-order valence-electron chi connectivity index (χ2n) is 7.98. The van der Waals surface area contributed by atoms with Crippen molar-refractivity contribution < 1.29 is 19.1 Å². The lowest BCUT2D eigenvalue weighted by Gasteiger charge is -2.23. The number of benzene rings is 3. The number of aliphatic hydroxyl groups is 1. The number of aryl methyl sites for hydroxylation is 2. The highest BCUT2D eigenvalue weighted by atomic mass is 32.1. The summed E-state index contributed by atoms with van der Waals surface area (Å²) in [5, 5.41) is 11.3. The molecule has 0 unspecified atom stereocenters. The van der Waals surface area contributed by atoms with E-state index in [1.54, 1.807) is 36.4 Å². The lowest BCUT2D eigenvalue weighted by Crippen LogP contribution is -2.29. The number of ketones is 1. The van der Waals surface area contributed by atoms with Gasteiger partial charge >= 0.3 is 5.91 Å². The molecule has 33 heavy (non-hydrogen) atoms. The molecule has 1 fully saturated rings. The molecule has 1 saturated heterocycles. The third-order valence-electron chi connectivity index (χ3n) is 5.72. The van der Waals surface area contributed by atoms with Crippen LogP contribution >= 0.6 is 11.3 Å². The SMILES string of the molecule is Cc1cc(C)c2nc(N3C(=O)C(=O)C(=C(O)c4ccccc4)[C@@H]3c3ccccc3F)sc2c1. The molecule has 164 valence electrons. The first-order valence-corrected chi connectivity index (χ1v) is 11.2. The molecule has 0 radical (unpaired) electrons. The quantitative estimate of drug-likeness (QED) is 0.244. The van der Waals surface area contributed by atoms with Gasteiger partial charge in [0.05, 0.1) is 15.8 Å². The maximum atomic E-state index is 15.0. The summed E-state index contributed by atoms with van der Waals surface area (Å²) in [7, 11) is 0. The number of hydrogen-bond acceptors (Lipinski definition) is 5. The maximum absolute atomic E-state index is 15.0. The van der Waals surface area contributed by atoms with Crippen LogP contribution in [0.3, 0.4) is 0 Å². The fourth-order valence-corrected chi connectivity index (χ4v) is 5.40. The third kappa shape index (κ3) is 3.41. The van der Waals surface area contributed by atoms with Crippen molar-refractivity contribution in [3.8, 4) is 0 Å². The zero-order valence-corrected chi connectivity index (χ0v) is 18.7. The van der Waals surface area contributed by atoms with Crippen LogP contribution in [0.4, 0.5) is 9.52 Å². The van der Waals surface area contributed by atoms with Crippen molar-refractivity contribution in [2.45, 2.75) is 19.9 Å². The molecule has 1 amide bonds. The van der Waals surface area contributed by atoms with Crippen LogP contribution in [0.2, 0.25) is 0 Å². The van der Waals surface area contributed by atoms with E-state index in [-0.39, 0.29) is 22.0 Å². The van der Waals surface area contributed by atoms with Crippen LogP contribution in [0.5, 0.6) is 0 Å². The number of halogens is 1. The Morgan fingerprint density at radius 1 is 1.03 bits per heavy atom. The lowest BCUT2D eigenvalue weighted by molar-refractivity contribution is -0.132. The summed E-state index contributed by atoms with van der Waals surface area (Å²) < 4.78 is 15.8. The lowest BCUT2D eigenvalue weighted by atomic mass is 9.95. The van der Waals surface area contributed by atoms with Crippen molar-refractivity contribution in [2.24, 2.45) is 0 Å². The zero-order chi connectivity index (χ0) is 23.3. The van der Waals surface area contributed by atoms with Gasteiger partial charge in [0.2, 0.25) is 0 Å². The number of carbonyl (C=O) groups is 2. The molecule has 1 aromatic heterocycles. The van der Waals surface area contributed by atoms with E-state index in [1.165, 1.54) is 34.4 Å². The number of hydrogen-bond donors (Lipinski definition) is 1. The Morgan fingerprint density at radius 3 is 2.45 bits per heavy atom. The van der Waals surface area contributed by atoms with E-state index >= 15 is 0 Å². The van der Waals surface area contributed by atoms with Gasteiger partial charge in [0.1, 0.15) is 17.6 Å². The van der Waals surface area contributed by atoms with Gasteiger partial charge in [-0.1, -0.05) is 65.9 Å². The first kappa shape index (κ1) is 21.0. The molecule has 1 atom stereocenters. The number of fused-ring (bicyclic) bond motifs is 1. The summed E-state index contributed by atoms with van der Waals surface area (Å²) in [6.07, 6.45) is 0. The normalized spacial score (nSPS) is 17.8. The molecule has 7 heteroatoms. The monoisotopic (exact) mass is 458 g/mol. The minimum Gasteiger partial charge on any atom is -0.507 e. The van der Waals surface area contributed by atoms with E-state index in [4.69, 9.17) is 0 Å². The maximum Gasteiger partial charge on any atom is 0.301 e. The van der Waals surface area contributed by atoms with Crippen molar-refractivity contribution in [3.05, 3.63) is 100 Å². The number of thiazole rings is 1. The molecule has 2 heterocycles. The van der Waals surface area contributed by atoms with Gasteiger partial charge < -0.3 is 5.11 Å². The van der Waals surface area contributed by atoms with Gasteiger partial charge in [-0.3, -0.25) is 14.5 Å². The largest absolute Gasteiger partial charge is 0.507 e. The molecule has 5 nitrogen and oxygen atoms in total. The van der Waals surface area contributed by atoms with Gasteiger partial charge in [0.25, 0.3) is 5.78 Å². The molecular formula is C26H19FN2O3S. The van der Waals surface area contributed by atoms with E-state index in [0.717, 1.165) is 21.3 Å². The number of Topliss-reactive ketones (excluding diaryl/α,β-unsaturated/α-hetero) is 1. The van der Waals surface area contributed by atoms with Crippen LogP contribution < -0.4 is 4.90 Å². The predicted molar refractivity (Wildman–Crippen MR) is 127 cm³/mol. The number of amides is 1. The Labute approximate surface area is 193 Å². The van der Waals surface area contributed by atoms with Crippen molar-refractivity contribution in [2.75, 3.05) is 4.90 Å². The Balaban J connectivity index is 1.77. The van der Waals surface area contributed by atoms with Crippen molar-refractivity contribution in [1.29, 1.82) is 0 Å². The second kappa shape index (κ2) is 7.94. The Morgan fingerprint density at radius 2 is 1.73 bits per heavy atom. The number of nitrogens with zero attached hydrogens (tertiary/aromatic N) is 2. The highest BCUT2D eigenvalue weighted by molar-refractivity contribution is 7.22. The fourth-order valence-electron chi connectivity index (χ4n) is 4.23. The minimum absolute atomic E-state index is 0.112. The molecule has 4 aromatic rings. The molecule has 0 spiro atoms. The zero-order valence-electron chi connectivity index (χ0n) is 17.9. The summed E-state index contributed by atoms with van der Waals surface area (Å²) >= 11 is 1.26. The van der Waals surface area contributed by atoms with E-state index in [9.17, 15) is 19.1 Å².